The number of carbonyl (C=O) groups is 1. The van der Waals surface area contributed by atoms with Gasteiger partial charge in [0.25, 0.3) is 0 Å². The van der Waals surface area contributed by atoms with Crippen molar-refractivity contribution in [3.63, 3.8) is 0 Å². The molecule has 0 aliphatic carbocycles. The molecule has 1 aliphatic rings. The first-order valence-electron chi connectivity index (χ1n) is 5.21. The van der Waals surface area contributed by atoms with Crippen molar-refractivity contribution in [3.05, 3.63) is 35.9 Å². The van der Waals surface area contributed by atoms with Crippen LogP contribution in [0.15, 0.2) is 24.8 Å². The Balaban J connectivity index is 2.28. The lowest BCUT2D eigenvalue weighted by atomic mass is 9.95. The van der Waals surface area contributed by atoms with Crippen molar-refractivity contribution >= 4 is 12.0 Å². The molecule has 1 aromatic carbocycles. The minimum absolute atomic E-state index is 0.197. The van der Waals surface area contributed by atoms with Crippen molar-refractivity contribution < 1.29 is 14.3 Å². The van der Waals surface area contributed by atoms with E-state index in [-0.39, 0.29) is 11.9 Å². The lowest BCUT2D eigenvalue weighted by Crippen LogP contribution is -2.29. The fourth-order valence-electron chi connectivity index (χ4n) is 1.93. The van der Waals surface area contributed by atoms with Crippen molar-refractivity contribution in [2.24, 2.45) is 5.92 Å². The molecule has 0 N–H and O–H groups in total. The second-order valence-corrected chi connectivity index (χ2v) is 3.77. The molecule has 3 heteroatoms. The van der Waals surface area contributed by atoms with Crippen molar-refractivity contribution in [2.45, 2.75) is 6.42 Å². The predicted octanol–water partition coefficient (Wildman–Crippen LogP) is 2.05. The van der Waals surface area contributed by atoms with Crippen LogP contribution in [0.4, 0.5) is 0 Å². The summed E-state index contributed by atoms with van der Waals surface area (Å²) in [4.78, 5) is 11.4. The zero-order valence-electron chi connectivity index (χ0n) is 9.23. The first-order valence-corrected chi connectivity index (χ1v) is 5.21. The second kappa shape index (κ2) is 4.39. The standard InChI is InChI=1S/C13H14O3/c1-3-9-5-4-6-10-7-11(13(14)15-2)8-16-12(9)10/h3-6,11H,1,7-8H2,2H3. The summed E-state index contributed by atoms with van der Waals surface area (Å²) in [5, 5.41) is 0. The summed E-state index contributed by atoms with van der Waals surface area (Å²) in [6, 6.07) is 5.86. The molecule has 1 heterocycles. The van der Waals surface area contributed by atoms with Gasteiger partial charge in [0.05, 0.1) is 13.0 Å². The van der Waals surface area contributed by atoms with Crippen molar-refractivity contribution in [1.82, 2.24) is 0 Å². The highest BCUT2D eigenvalue weighted by molar-refractivity contribution is 5.74. The van der Waals surface area contributed by atoms with E-state index in [1.807, 2.05) is 18.2 Å². The highest BCUT2D eigenvalue weighted by Crippen LogP contribution is 2.31. The molecule has 0 saturated carbocycles. The maximum absolute atomic E-state index is 11.4. The first-order chi connectivity index (χ1) is 7.76. The number of hydrogen-bond acceptors (Lipinski definition) is 3. The molecule has 0 fully saturated rings. The lowest BCUT2D eigenvalue weighted by molar-refractivity contribution is -0.146. The summed E-state index contributed by atoms with van der Waals surface area (Å²) in [7, 11) is 1.40. The fraction of sp³-hybridized carbons (Fsp3) is 0.308. The monoisotopic (exact) mass is 218 g/mol. The quantitative estimate of drug-likeness (QED) is 0.713. The van der Waals surface area contributed by atoms with Crippen LogP contribution in [-0.4, -0.2) is 19.7 Å². The van der Waals surface area contributed by atoms with Gasteiger partial charge in [0.1, 0.15) is 12.4 Å². The third kappa shape index (κ3) is 1.81. The van der Waals surface area contributed by atoms with E-state index in [2.05, 4.69) is 6.58 Å². The minimum Gasteiger partial charge on any atom is -0.492 e. The van der Waals surface area contributed by atoms with Gasteiger partial charge in [-0.2, -0.15) is 0 Å². The number of ether oxygens (including phenoxy) is 2. The second-order valence-electron chi connectivity index (χ2n) is 3.77. The molecule has 1 aromatic rings. The van der Waals surface area contributed by atoms with Gasteiger partial charge in [-0.25, -0.2) is 0 Å². The summed E-state index contributed by atoms with van der Waals surface area (Å²) < 4.78 is 10.3. The van der Waals surface area contributed by atoms with E-state index in [1.165, 1.54) is 7.11 Å². The van der Waals surface area contributed by atoms with Crippen LogP contribution in [0, 0.1) is 5.92 Å². The zero-order valence-corrected chi connectivity index (χ0v) is 9.23. The van der Waals surface area contributed by atoms with E-state index in [0.29, 0.717) is 13.0 Å². The third-order valence-electron chi connectivity index (χ3n) is 2.78. The van der Waals surface area contributed by atoms with Gasteiger partial charge >= 0.3 is 5.97 Å². The number of methoxy groups -OCH3 is 1. The SMILES string of the molecule is C=Cc1cccc2c1OCC(C(=O)OC)C2. The molecule has 16 heavy (non-hydrogen) atoms. The summed E-state index contributed by atoms with van der Waals surface area (Å²) in [5.74, 6) is 0.435. The zero-order chi connectivity index (χ0) is 11.5. The topological polar surface area (TPSA) is 35.5 Å². The van der Waals surface area contributed by atoms with E-state index >= 15 is 0 Å². The summed E-state index contributed by atoms with van der Waals surface area (Å²) >= 11 is 0. The maximum atomic E-state index is 11.4. The van der Waals surface area contributed by atoms with Crippen LogP contribution in [0.25, 0.3) is 6.08 Å². The summed E-state index contributed by atoms with van der Waals surface area (Å²) in [6.45, 7) is 4.12. The Hall–Kier alpha value is -1.77. The van der Waals surface area contributed by atoms with Gasteiger partial charge in [-0.1, -0.05) is 30.9 Å². The number of fused-ring (bicyclic) bond motifs is 1. The predicted molar refractivity (Wildman–Crippen MR) is 61.2 cm³/mol. The molecule has 0 spiro atoms. The fourth-order valence-corrected chi connectivity index (χ4v) is 1.93. The molecule has 0 aromatic heterocycles. The first kappa shape index (κ1) is 10.7. The number of esters is 1. The number of carbonyl (C=O) groups excluding carboxylic acids is 1. The van der Waals surface area contributed by atoms with E-state index in [0.717, 1.165) is 16.9 Å². The van der Waals surface area contributed by atoms with Crippen molar-refractivity contribution in [3.8, 4) is 5.75 Å². The number of hydrogen-bond donors (Lipinski definition) is 0. The average Bonchev–Trinajstić information content (AvgIpc) is 2.36. The van der Waals surface area contributed by atoms with E-state index < -0.39 is 0 Å². The van der Waals surface area contributed by atoms with Crippen LogP contribution in [0.1, 0.15) is 11.1 Å². The molecule has 1 aliphatic heterocycles. The molecular weight excluding hydrogens is 204 g/mol. The van der Waals surface area contributed by atoms with Gasteiger partial charge in [0, 0.05) is 5.56 Å². The molecule has 2 rings (SSSR count). The van der Waals surface area contributed by atoms with Gasteiger partial charge in [-0.3, -0.25) is 4.79 Å². The Bertz CT molecular complexity index is 423. The number of benzene rings is 1. The molecule has 0 amide bonds. The lowest BCUT2D eigenvalue weighted by Gasteiger charge is -2.24. The molecular formula is C13H14O3. The normalized spacial score (nSPS) is 18.2. The Morgan fingerprint density at radius 1 is 1.62 bits per heavy atom. The Morgan fingerprint density at radius 3 is 3.12 bits per heavy atom. The van der Waals surface area contributed by atoms with Crippen LogP contribution >= 0.6 is 0 Å². The molecule has 0 radical (unpaired) electrons. The Kier molecular flexibility index (Phi) is 2.95. The van der Waals surface area contributed by atoms with E-state index in [9.17, 15) is 4.79 Å². The molecule has 3 nitrogen and oxygen atoms in total. The van der Waals surface area contributed by atoms with Gasteiger partial charge < -0.3 is 9.47 Å². The number of para-hydroxylation sites is 1. The Labute approximate surface area is 94.7 Å². The van der Waals surface area contributed by atoms with E-state index in [1.54, 1.807) is 6.08 Å². The maximum Gasteiger partial charge on any atom is 0.312 e. The molecule has 1 atom stereocenters. The smallest absolute Gasteiger partial charge is 0.312 e. The van der Waals surface area contributed by atoms with Gasteiger partial charge in [0.2, 0.25) is 0 Å². The van der Waals surface area contributed by atoms with Crippen LogP contribution in [0.2, 0.25) is 0 Å². The van der Waals surface area contributed by atoms with Gasteiger partial charge in [-0.15, -0.1) is 0 Å². The minimum atomic E-state index is -0.213. The molecule has 0 bridgehead atoms. The van der Waals surface area contributed by atoms with Crippen LogP contribution < -0.4 is 4.74 Å². The van der Waals surface area contributed by atoms with Crippen LogP contribution in [0.5, 0.6) is 5.75 Å². The molecule has 0 saturated heterocycles. The van der Waals surface area contributed by atoms with Gasteiger partial charge in [-0.05, 0) is 12.0 Å². The van der Waals surface area contributed by atoms with E-state index in [4.69, 9.17) is 9.47 Å². The summed E-state index contributed by atoms with van der Waals surface area (Å²) in [6.07, 6.45) is 2.43. The highest BCUT2D eigenvalue weighted by Gasteiger charge is 2.27. The van der Waals surface area contributed by atoms with Crippen molar-refractivity contribution in [2.75, 3.05) is 13.7 Å². The molecule has 1 unspecified atom stereocenters. The van der Waals surface area contributed by atoms with Crippen LogP contribution in [-0.2, 0) is 16.0 Å². The van der Waals surface area contributed by atoms with Crippen LogP contribution in [0.3, 0.4) is 0 Å². The van der Waals surface area contributed by atoms with Crippen molar-refractivity contribution in [1.29, 1.82) is 0 Å². The van der Waals surface area contributed by atoms with Gasteiger partial charge in [0.15, 0.2) is 0 Å². The average molecular weight is 218 g/mol. The largest absolute Gasteiger partial charge is 0.492 e. The number of rotatable bonds is 2. The highest BCUT2D eigenvalue weighted by atomic mass is 16.5. The third-order valence-corrected chi connectivity index (χ3v) is 2.78. The molecule has 84 valence electrons. The Morgan fingerprint density at radius 2 is 2.44 bits per heavy atom. The summed E-state index contributed by atoms with van der Waals surface area (Å²) in [5.41, 5.74) is 2.01.